The Morgan fingerprint density at radius 1 is 0.931 bits per heavy atom. The molecule has 170 valence electrons. The number of alkyl halides is 1. The van der Waals surface area contributed by atoms with Crippen LogP contribution in [0.15, 0.2) is 0 Å². The second-order valence-corrected chi connectivity index (χ2v) is 11.1. The SMILES string of the molecule is CC1(C)OCCCC([C@H]2CC[C@H]([C@H](I)CC[C@H]3OC(C)(C)O[C@@H]3CCCO)O2)O1. The van der Waals surface area contributed by atoms with Crippen molar-refractivity contribution in [2.45, 2.75) is 125 Å². The monoisotopic (exact) mass is 526 g/mol. The number of aliphatic hydroxyl groups excluding tert-OH is 1. The van der Waals surface area contributed by atoms with Gasteiger partial charge in [-0.15, -0.1) is 0 Å². The first kappa shape index (κ1) is 24.1. The third-order valence-corrected chi connectivity index (χ3v) is 7.50. The zero-order valence-electron chi connectivity index (χ0n) is 18.4. The van der Waals surface area contributed by atoms with Crippen LogP contribution in [0.2, 0.25) is 0 Å². The molecule has 29 heavy (non-hydrogen) atoms. The lowest BCUT2D eigenvalue weighted by Crippen LogP contribution is -2.38. The molecule has 0 aromatic rings. The molecule has 0 radical (unpaired) electrons. The molecule has 0 aliphatic carbocycles. The summed E-state index contributed by atoms with van der Waals surface area (Å²) >= 11 is 2.54. The van der Waals surface area contributed by atoms with E-state index in [1.165, 1.54) is 0 Å². The first-order valence-electron chi connectivity index (χ1n) is 11.3. The maximum absolute atomic E-state index is 9.15. The minimum absolute atomic E-state index is 0.0691. The van der Waals surface area contributed by atoms with Gasteiger partial charge in [0, 0.05) is 10.5 Å². The lowest BCUT2D eigenvalue weighted by molar-refractivity contribution is -0.239. The van der Waals surface area contributed by atoms with Crippen molar-refractivity contribution in [3.63, 3.8) is 0 Å². The minimum Gasteiger partial charge on any atom is -0.396 e. The van der Waals surface area contributed by atoms with Gasteiger partial charge in [-0.25, -0.2) is 0 Å². The number of ether oxygens (including phenoxy) is 5. The highest BCUT2D eigenvalue weighted by Gasteiger charge is 2.42. The van der Waals surface area contributed by atoms with E-state index in [9.17, 15) is 0 Å². The van der Waals surface area contributed by atoms with Crippen LogP contribution in [0.5, 0.6) is 0 Å². The first-order valence-corrected chi connectivity index (χ1v) is 12.5. The molecule has 0 amide bonds. The Morgan fingerprint density at radius 2 is 1.66 bits per heavy atom. The molecule has 0 saturated carbocycles. The fourth-order valence-corrected chi connectivity index (χ4v) is 5.64. The lowest BCUT2D eigenvalue weighted by atomic mass is 10.0. The van der Waals surface area contributed by atoms with Crippen molar-refractivity contribution < 1.29 is 28.8 Å². The Morgan fingerprint density at radius 3 is 2.38 bits per heavy atom. The van der Waals surface area contributed by atoms with Crippen LogP contribution in [0.3, 0.4) is 0 Å². The Balaban J connectivity index is 1.47. The predicted octanol–water partition coefficient (Wildman–Crippen LogP) is 4.34. The molecule has 0 aromatic heterocycles. The van der Waals surface area contributed by atoms with Gasteiger partial charge in [0.25, 0.3) is 0 Å². The van der Waals surface area contributed by atoms with E-state index in [2.05, 4.69) is 22.6 Å². The topological polar surface area (TPSA) is 66.4 Å². The van der Waals surface area contributed by atoms with Gasteiger partial charge in [0.1, 0.15) is 0 Å². The van der Waals surface area contributed by atoms with Crippen molar-refractivity contribution in [2.24, 2.45) is 0 Å². The minimum atomic E-state index is -0.535. The van der Waals surface area contributed by atoms with E-state index in [1.807, 2.05) is 27.7 Å². The fraction of sp³-hybridized carbons (Fsp3) is 1.00. The fourth-order valence-electron chi connectivity index (χ4n) is 4.75. The molecular weight excluding hydrogens is 487 g/mol. The van der Waals surface area contributed by atoms with Gasteiger partial charge < -0.3 is 28.8 Å². The smallest absolute Gasteiger partial charge is 0.163 e. The summed E-state index contributed by atoms with van der Waals surface area (Å²) in [6.45, 7) is 8.90. The largest absolute Gasteiger partial charge is 0.396 e. The third-order valence-electron chi connectivity index (χ3n) is 6.08. The molecule has 3 heterocycles. The van der Waals surface area contributed by atoms with E-state index in [1.54, 1.807) is 0 Å². The Hall–Kier alpha value is 0.490. The van der Waals surface area contributed by atoms with Crippen LogP contribution >= 0.6 is 22.6 Å². The molecule has 0 spiro atoms. The summed E-state index contributed by atoms with van der Waals surface area (Å²) in [6.07, 6.45) is 8.47. The second kappa shape index (κ2) is 10.4. The zero-order chi connectivity index (χ0) is 21.1. The van der Waals surface area contributed by atoms with Gasteiger partial charge in [-0.05, 0) is 79.1 Å². The van der Waals surface area contributed by atoms with Crippen molar-refractivity contribution in [1.82, 2.24) is 0 Å². The van der Waals surface area contributed by atoms with Crippen molar-refractivity contribution in [3.05, 3.63) is 0 Å². The van der Waals surface area contributed by atoms with Crippen LogP contribution in [0.4, 0.5) is 0 Å². The van der Waals surface area contributed by atoms with Gasteiger partial charge in [0.15, 0.2) is 11.6 Å². The van der Waals surface area contributed by atoms with Crippen LogP contribution in [-0.2, 0) is 23.7 Å². The molecule has 3 saturated heterocycles. The summed E-state index contributed by atoms with van der Waals surface area (Å²) in [5, 5.41) is 9.15. The second-order valence-electron chi connectivity index (χ2n) is 9.51. The summed E-state index contributed by atoms with van der Waals surface area (Å²) in [5.74, 6) is -1.06. The molecular formula is C22H39IO6. The molecule has 3 fully saturated rings. The molecule has 0 bridgehead atoms. The Kier molecular flexibility index (Phi) is 8.66. The van der Waals surface area contributed by atoms with Gasteiger partial charge in [-0.1, -0.05) is 22.6 Å². The average Bonchev–Trinajstić information content (AvgIpc) is 3.19. The maximum Gasteiger partial charge on any atom is 0.163 e. The van der Waals surface area contributed by atoms with Gasteiger partial charge in [0.05, 0.1) is 37.1 Å². The van der Waals surface area contributed by atoms with Crippen LogP contribution in [-0.4, -0.2) is 64.3 Å². The van der Waals surface area contributed by atoms with Crippen molar-refractivity contribution in [3.8, 4) is 0 Å². The molecule has 6 nitrogen and oxygen atoms in total. The van der Waals surface area contributed by atoms with E-state index in [4.69, 9.17) is 28.8 Å². The van der Waals surface area contributed by atoms with Crippen molar-refractivity contribution >= 4 is 22.6 Å². The lowest BCUT2D eigenvalue weighted by Gasteiger charge is -2.31. The summed E-state index contributed by atoms with van der Waals surface area (Å²) in [4.78, 5) is 0. The highest BCUT2D eigenvalue weighted by atomic mass is 127. The normalized spacial score (nSPS) is 38.1. The van der Waals surface area contributed by atoms with Crippen LogP contribution < -0.4 is 0 Å². The maximum atomic E-state index is 9.15. The molecule has 1 unspecified atom stereocenters. The molecule has 3 rings (SSSR count). The Bertz CT molecular complexity index is 514. The first-order chi connectivity index (χ1) is 13.7. The summed E-state index contributed by atoms with van der Waals surface area (Å²) in [6, 6.07) is 0. The summed E-state index contributed by atoms with van der Waals surface area (Å²) in [5.41, 5.74) is 0. The van der Waals surface area contributed by atoms with E-state index in [0.29, 0.717) is 3.92 Å². The summed E-state index contributed by atoms with van der Waals surface area (Å²) < 4.78 is 31.1. The number of halogens is 1. The Labute approximate surface area is 189 Å². The van der Waals surface area contributed by atoms with Gasteiger partial charge in [-0.2, -0.15) is 0 Å². The van der Waals surface area contributed by atoms with Gasteiger partial charge in [-0.3, -0.25) is 0 Å². The van der Waals surface area contributed by atoms with Crippen LogP contribution in [0.25, 0.3) is 0 Å². The molecule has 3 aliphatic rings. The quantitative estimate of drug-likeness (QED) is 0.375. The zero-order valence-corrected chi connectivity index (χ0v) is 20.6. The van der Waals surface area contributed by atoms with E-state index in [0.717, 1.165) is 58.0 Å². The highest BCUT2D eigenvalue weighted by Crippen LogP contribution is 2.37. The van der Waals surface area contributed by atoms with Crippen LogP contribution in [0, 0.1) is 0 Å². The number of rotatable bonds is 8. The van der Waals surface area contributed by atoms with E-state index in [-0.39, 0.29) is 37.1 Å². The predicted molar refractivity (Wildman–Crippen MR) is 119 cm³/mol. The van der Waals surface area contributed by atoms with Crippen LogP contribution in [0.1, 0.15) is 79.1 Å². The number of hydrogen-bond acceptors (Lipinski definition) is 6. The van der Waals surface area contributed by atoms with Crippen molar-refractivity contribution in [2.75, 3.05) is 13.2 Å². The molecule has 7 heteroatoms. The molecule has 0 aromatic carbocycles. The highest BCUT2D eigenvalue weighted by molar-refractivity contribution is 14.1. The van der Waals surface area contributed by atoms with Gasteiger partial charge in [0.2, 0.25) is 0 Å². The van der Waals surface area contributed by atoms with Gasteiger partial charge >= 0.3 is 0 Å². The third kappa shape index (κ3) is 6.99. The average molecular weight is 526 g/mol. The van der Waals surface area contributed by atoms with E-state index < -0.39 is 11.6 Å². The standard InChI is InChI=1S/C22H39IO6/c1-21(2)25-14-6-8-18(27-21)17-12-11-16(26-17)15(23)9-10-20-19(7-5-13-24)28-22(3,4)29-20/h15-20,24H,5-14H2,1-4H3/t15-,16-,17-,18?,19-,20-/m1/s1. The molecule has 3 aliphatic heterocycles. The number of aliphatic hydroxyl groups is 1. The van der Waals surface area contributed by atoms with E-state index >= 15 is 0 Å². The number of hydrogen-bond donors (Lipinski definition) is 1. The molecule has 1 N–H and O–H groups in total. The van der Waals surface area contributed by atoms with Crippen molar-refractivity contribution in [1.29, 1.82) is 0 Å². The molecule has 6 atom stereocenters. The summed E-state index contributed by atoms with van der Waals surface area (Å²) in [7, 11) is 0.